The molecule has 138 valence electrons. The molecule has 1 N–H and O–H groups in total. The van der Waals surface area contributed by atoms with E-state index >= 15 is 0 Å². The fourth-order valence-corrected chi connectivity index (χ4v) is 3.42. The van der Waals surface area contributed by atoms with Gasteiger partial charge in [-0.1, -0.05) is 12.1 Å². The standard InChI is InChI=1S/C21H21N3O3/c1-14-23-19-7-3-2-6-18(19)21(26)24(14)16-10-8-15(9-11-16)20(25)22-13-17-5-4-12-27-17/h2-3,6-11,17H,4-5,12-13H2,1H3,(H,22,25)/t17-/m0/s1. The summed E-state index contributed by atoms with van der Waals surface area (Å²) in [7, 11) is 0. The third kappa shape index (κ3) is 3.48. The summed E-state index contributed by atoms with van der Waals surface area (Å²) >= 11 is 0. The van der Waals surface area contributed by atoms with Gasteiger partial charge in [-0.3, -0.25) is 14.2 Å². The van der Waals surface area contributed by atoms with Crippen LogP contribution in [0.2, 0.25) is 0 Å². The van der Waals surface area contributed by atoms with Crippen molar-refractivity contribution in [3.63, 3.8) is 0 Å². The van der Waals surface area contributed by atoms with Gasteiger partial charge in [0.1, 0.15) is 5.82 Å². The van der Waals surface area contributed by atoms with Gasteiger partial charge in [0.25, 0.3) is 11.5 Å². The molecule has 0 unspecified atom stereocenters. The Morgan fingerprint density at radius 3 is 2.74 bits per heavy atom. The first-order chi connectivity index (χ1) is 13.1. The number of nitrogens with zero attached hydrogens (tertiary/aromatic N) is 2. The molecule has 6 heteroatoms. The lowest BCUT2D eigenvalue weighted by atomic mass is 10.1. The van der Waals surface area contributed by atoms with Crippen LogP contribution in [0.1, 0.15) is 29.0 Å². The lowest BCUT2D eigenvalue weighted by molar-refractivity contribution is 0.0858. The Labute approximate surface area is 156 Å². The normalized spacial score (nSPS) is 16.6. The van der Waals surface area contributed by atoms with Crippen LogP contribution in [-0.2, 0) is 4.74 Å². The number of carbonyl (C=O) groups is 1. The van der Waals surface area contributed by atoms with E-state index in [1.54, 1.807) is 41.8 Å². The van der Waals surface area contributed by atoms with Gasteiger partial charge >= 0.3 is 0 Å². The van der Waals surface area contributed by atoms with Crippen LogP contribution in [-0.4, -0.2) is 34.7 Å². The number of carbonyl (C=O) groups excluding carboxylic acids is 1. The number of aryl methyl sites for hydroxylation is 1. The molecule has 0 bridgehead atoms. The van der Waals surface area contributed by atoms with Crippen LogP contribution >= 0.6 is 0 Å². The van der Waals surface area contributed by atoms with Crippen molar-refractivity contribution in [1.82, 2.24) is 14.9 Å². The monoisotopic (exact) mass is 363 g/mol. The number of hydrogen-bond donors (Lipinski definition) is 1. The van der Waals surface area contributed by atoms with Gasteiger partial charge in [0.2, 0.25) is 0 Å². The summed E-state index contributed by atoms with van der Waals surface area (Å²) in [6, 6.07) is 14.3. The summed E-state index contributed by atoms with van der Waals surface area (Å²) in [5.74, 6) is 0.465. The van der Waals surface area contributed by atoms with E-state index in [2.05, 4.69) is 10.3 Å². The lowest BCUT2D eigenvalue weighted by Gasteiger charge is -2.13. The smallest absolute Gasteiger partial charge is 0.265 e. The van der Waals surface area contributed by atoms with Crippen LogP contribution in [0.4, 0.5) is 0 Å². The van der Waals surface area contributed by atoms with E-state index in [4.69, 9.17) is 4.74 Å². The second-order valence-corrected chi connectivity index (χ2v) is 6.71. The molecule has 4 rings (SSSR count). The highest BCUT2D eigenvalue weighted by Crippen LogP contribution is 2.14. The molecule has 27 heavy (non-hydrogen) atoms. The van der Waals surface area contributed by atoms with Crippen molar-refractivity contribution in [3.8, 4) is 5.69 Å². The molecule has 1 aliphatic rings. The minimum absolute atomic E-state index is 0.109. The van der Waals surface area contributed by atoms with Gasteiger partial charge in [0, 0.05) is 18.7 Å². The summed E-state index contributed by atoms with van der Waals surface area (Å²) in [6.07, 6.45) is 2.14. The van der Waals surface area contributed by atoms with Crippen LogP contribution in [0.15, 0.2) is 53.3 Å². The molecular formula is C21H21N3O3. The molecule has 1 saturated heterocycles. The van der Waals surface area contributed by atoms with Crippen molar-refractivity contribution >= 4 is 16.8 Å². The molecule has 1 aromatic heterocycles. The highest BCUT2D eigenvalue weighted by Gasteiger charge is 2.17. The van der Waals surface area contributed by atoms with Gasteiger partial charge in [-0.15, -0.1) is 0 Å². The first kappa shape index (κ1) is 17.4. The molecule has 2 aromatic carbocycles. The molecule has 1 fully saturated rings. The number of amides is 1. The van der Waals surface area contributed by atoms with Crippen LogP contribution in [0.25, 0.3) is 16.6 Å². The first-order valence-electron chi connectivity index (χ1n) is 9.12. The van der Waals surface area contributed by atoms with E-state index in [0.29, 0.717) is 34.5 Å². The lowest BCUT2D eigenvalue weighted by Crippen LogP contribution is -2.31. The van der Waals surface area contributed by atoms with Crippen LogP contribution in [0.5, 0.6) is 0 Å². The van der Waals surface area contributed by atoms with Crippen LogP contribution < -0.4 is 10.9 Å². The topological polar surface area (TPSA) is 73.2 Å². The number of hydrogen-bond acceptors (Lipinski definition) is 4. The van der Waals surface area contributed by atoms with Crippen molar-refractivity contribution in [2.45, 2.75) is 25.9 Å². The summed E-state index contributed by atoms with van der Waals surface area (Å²) < 4.78 is 7.08. The van der Waals surface area contributed by atoms with Gasteiger partial charge in [-0.25, -0.2) is 4.98 Å². The maximum atomic E-state index is 12.8. The molecule has 2 heterocycles. The molecule has 6 nitrogen and oxygen atoms in total. The predicted octanol–water partition coefficient (Wildman–Crippen LogP) is 2.60. The average Bonchev–Trinajstić information content (AvgIpc) is 3.20. The molecule has 1 aliphatic heterocycles. The van der Waals surface area contributed by atoms with Gasteiger partial charge in [-0.05, 0) is 56.2 Å². The molecule has 0 saturated carbocycles. The van der Waals surface area contributed by atoms with Crippen molar-refractivity contribution in [1.29, 1.82) is 0 Å². The quantitative estimate of drug-likeness (QED) is 0.773. The zero-order valence-electron chi connectivity index (χ0n) is 15.1. The Hall–Kier alpha value is -2.99. The molecule has 3 aromatic rings. The minimum atomic E-state index is -0.141. The second kappa shape index (κ2) is 7.32. The zero-order valence-corrected chi connectivity index (χ0v) is 15.1. The highest BCUT2D eigenvalue weighted by atomic mass is 16.5. The Kier molecular flexibility index (Phi) is 4.73. The average molecular weight is 363 g/mol. The van der Waals surface area contributed by atoms with Crippen molar-refractivity contribution in [2.24, 2.45) is 0 Å². The van der Waals surface area contributed by atoms with Crippen molar-refractivity contribution < 1.29 is 9.53 Å². The minimum Gasteiger partial charge on any atom is -0.376 e. The fourth-order valence-electron chi connectivity index (χ4n) is 3.42. The zero-order chi connectivity index (χ0) is 18.8. The highest BCUT2D eigenvalue weighted by molar-refractivity contribution is 5.94. The summed E-state index contributed by atoms with van der Waals surface area (Å²) in [4.78, 5) is 29.7. The van der Waals surface area contributed by atoms with Gasteiger partial charge in [0.05, 0.1) is 22.7 Å². The Bertz CT molecular complexity index is 1030. The number of rotatable bonds is 4. The van der Waals surface area contributed by atoms with Gasteiger partial charge < -0.3 is 10.1 Å². The van der Waals surface area contributed by atoms with E-state index in [0.717, 1.165) is 19.4 Å². The van der Waals surface area contributed by atoms with Crippen molar-refractivity contribution in [3.05, 3.63) is 70.3 Å². The number of benzene rings is 2. The predicted molar refractivity (Wildman–Crippen MR) is 103 cm³/mol. The van der Waals surface area contributed by atoms with Crippen LogP contribution in [0, 0.1) is 6.92 Å². The Morgan fingerprint density at radius 2 is 2.00 bits per heavy atom. The first-order valence-corrected chi connectivity index (χ1v) is 9.12. The number of ether oxygens (including phenoxy) is 1. The molecule has 1 amide bonds. The van der Waals surface area contributed by atoms with Gasteiger partial charge in [-0.2, -0.15) is 0 Å². The Morgan fingerprint density at radius 1 is 1.22 bits per heavy atom. The van der Waals surface area contributed by atoms with Crippen LogP contribution in [0.3, 0.4) is 0 Å². The molecule has 1 atom stereocenters. The molecule has 0 spiro atoms. The SMILES string of the molecule is Cc1nc2ccccc2c(=O)n1-c1ccc(C(=O)NC[C@@H]2CCCO2)cc1. The van der Waals surface area contributed by atoms with E-state index < -0.39 is 0 Å². The number of aromatic nitrogens is 2. The third-order valence-corrected chi connectivity index (χ3v) is 4.85. The fraction of sp³-hybridized carbons (Fsp3) is 0.286. The summed E-state index contributed by atoms with van der Waals surface area (Å²) in [6.45, 7) is 3.09. The Balaban J connectivity index is 1.58. The third-order valence-electron chi connectivity index (χ3n) is 4.85. The number of nitrogens with one attached hydrogen (secondary N) is 1. The van der Waals surface area contributed by atoms with E-state index in [1.807, 2.05) is 18.2 Å². The maximum absolute atomic E-state index is 12.8. The van der Waals surface area contributed by atoms with Gasteiger partial charge in [0.15, 0.2) is 0 Å². The number of para-hydroxylation sites is 1. The summed E-state index contributed by atoms with van der Waals surface area (Å²) in [5, 5.41) is 3.47. The summed E-state index contributed by atoms with van der Waals surface area (Å²) in [5.41, 5.74) is 1.80. The van der Waals surface area contributed by atoms with E-state index in [-0.39, 0.29) is 17.6 Å². The molecular weight excluding hydrogens is 342 g/mol. The molecule has 0 aliphatic carbocycles. The second-order valence-electron chi connectivity index (χ2n) is 6.71. The number of fused-ring (bicyclic) bond motifs is 1. The van der Waals surface area contributed by atoms with Crippen molar-refractivity contribution in [2.75, 3.05) is 13.2 Å². The largest absolute Gasteiger partial charge is 0.376 e. The maximum Gasteiger partial charge on any atom is 0.265 e. The van der Waals surface area contributed by atoms with E-state index in [9.17, 15) is 9.59 Å². The van der Waals surface area contributed by atoms with E-state index in [1.165, 1.54) is 0 Å². The molecule has 0 radical (unpaired) electrons.